The molecule has 2 rings (SSSR count). The van der Waals surface area contributed by atoms with E-state index in [2.05, 4.69) is 10.8 Å². The molecule has 0 saturated carbocycles. The monoisotopic (exact) mass is 377 g/mol. The van der Waals surface area contributed by atoms with Gasteiger partial charge in [-0.2, -0.15) is 14.0 Å². The Morgan fingerprint density at radius 1 is 1.04 bits per heavy atom. The molecule has 0 heterocycles. The van der Waals surface area contributed by atoms with Crippen molar-refractivity contribution >= 4 is 0 Å². The standard InChI is InChI=1S/C21H19F4NO/c1-2-3-4-5-15-6-8-16(9-7-15)10-11-21(24,25)27-17-12-19(22)18(14-26)20(23)13-17/h2-3,6-9,12-13H,4-5,10-11H2,1H3/b3-2+. The molecule has 2 aromatic carbocycles. The quantitative estimate of drug-likeness (QED) is 0.421. The van der Waals surface area contributed by atoms with Gasteiger partial charge in [0.15, 0.2) is 0 Å². The van der Waals surface area contributed by atoms with E-state index in [1.54, 1.807) is 12.1 Å². The molecule has 142 valence electrons. The van der Waals surface area contributed by atoms with Gasteiger partial charge in [0.25, 0.3) is 0 Å². The van der Waals surface area contributed by atoms with Gasteiger partial charge in [-0.3, -0.25) is 0 Å². The van der Waals surface area contributed by atoms with Gasteiger partial charge in [-0.05, 0) is 37.3 Å². The summed E-state index contributed by atoms with van der Waals surface area (Å²) in [5, 5.41) is 8.59. The van der Waals surface area contributed by atoms with E-state index in [1.807, 2.05) is 25.1 Å². The van der Waals surface area contributed by atoms with Crippen molar-refractivity contribution in [2.75, 3.05) is 0 Å². The number of alkyl halides is 2. The molecule has 0 N–H and O–H groups in total. The molecule has 0 bridgehead atoms. The van der Waals surface area contributed by atoms with Crippen LogP contribution in [-0.2, 0) is 12.8 Å². The SMILES string of the molecule is C/C=C/CCc1ccc(CCC(F)(F)Oc2cc(F)c(C#N)c(F)c2)cc1. The second-order valence-electron chi connectivity index (χ2n) is 6.04. The lowest BCUT2D eigenvalue weighted by Crippen LogP contribution is -2.25. The molecule has 0 radical (unpaired) electrons. The summed E-state index contributed by atoms with van der Waals surface area (Å²) in [7, 11) is 0. The molecule has 0 unspecified atom stereocenters. The predicted octanol–water partition coefficient (Wildman–Crippen LogP) is 5.95. The van der Waals surface area contributed by atoms with Crippen LogP contribution in [0.25, 0.3) is 0 Å². The minimum atomic E-state index is -3.60. The zero-order valence-corrected chi connectivity index (χ0v) is 14.8. The van der Waals surface area contributed by atoms with Gasteiger partial charge in [0.2, 0.25) is 0 Å². The molecule has 0 aliphatic carbocycles. The fourth-order valence-electron chi connectivity index (χ4n) is 2.52. The zero-order valence-electron chi connectivity index (χ0n) is 14.8. The molecular weight excluding hydrogens is 358 g/mol. The normalized spacial score (nSPS) is 11.6. The van der Waals surface area contributed by atoms with E-state index < -0.39 is 35.5 Å². The van der Waals surface area contributed by atoms with E-state index in [0.29, 0.717) is 17.7 Å². The van der Waals surface area contributed by atoms with Gasteiger partial charge in [0, 0.05) is 12.1 Å². The number of nitriles is 1. The molecule has 2 aromatic rings. The molecule has 0 aliphatic rings. The number of nitrogens with zero attached hydrogens (tertiary/aromatic N) is 1. The predicted molar refractivity (Wildman–Crippen MR) is 94.5 cm³/mol. The highest BCUT2D eigenvalue weighted by molar-refractivity contribution is 5.38. The van der Waals surface area contributed by atoms with Crippen LogP contribution in [-0.4, -0.2) is 6.11 Å². The Morgan fingerprint density at radius 3 is 2.11 bits per heavy atom. The van der Waals surface area contributed by atoms with E-state index in [9.17, 15) is 17.6 Å². The van der Waals surface area contributed by atoms with Crippen LogP contribution in [0.3, 0.4) is 0 Å². The summed E-state index contributed by atoms with van der Waals surface area (Å²) >= 11 is 0. The van der Waals surface area contributed by atoms with Gasteiger partial charge >= 0.3 is 6.11 Å². The van der Waals surface area contributed by atoms with Crippen LogP contribution < -0.4 is 4.74 Å². The molecule has 0 spiro atoms. The Balaban J connectivity index is 1.95. The van der Waals surface area contributed by atoms with Crippen LogP contribution in [0.5, 0.6) is 5.75 Å². The van der Waals surface area contributed by atoms with Crippen LogP contribution in [0.15, 0.2) is 48.6 Å². The first-order chi connectivity index (χ1) is 12.8. The first-order valence-corrected chi connectivity index (χ1v) is 8.49. The fourth-order valence-corrected chi connectivity index (χ4v) is 2.52. The van der Waals surface area contributed by atoms with Gasteiger partial charge < -0.3 is 4.74 Å². The van der Waals surface area contributed by atoms with E-state index in [4.69, 9.17) is 5.26 Å². The summed E-state index contributed by atoms with van der Waals surface area (Å²) < 4.78 is 59.4. The topological polar surface area (TPSA) is 33.0 Å². The minimum Gasteiger partial charge on any atom is -0.432 e. The lowest BCUT2D eigenvalue weighted by molar-refractivity contribution is -0.180. The van der Waals surface area contributed by atoms with Crippen molar-refractivity contribution in [3.8, 4) is 11.8 Å². The number of halogens is 4. The largest absolute Gasteiger partial charge is 0.432 e. The van der Waals surface area contributed by atoms with Gasteiger partial charge in [-0.15, -0.1) is 0 Å². The summed E-state index contributed by atoms with van der Waals surface area (Å²) in [6, 6.07) is 9.82. The molecule has 6 heteroatoms. The fraction of sp³-hybridized carbons (Fsp3) is 0.286. The third kappa shape index (κ3) is 6.14. The molecule has 0 saturated heterocycles. The van der Waals surface area contributed by atoms with E-state index in [-0.39, 0.29) is 6.42 Å². The third-order valence-corrected chi connectivity index (χ3v) is 3.96. The second kappa shape index (κ2) is 9.22. The van der Waals surface area contributed by atoms with E-state index in [1.165, 1.54) is 6.07 Å². The molecule has 0 amide bonds. The summed E-state index contributed by atoms with van der Waals surface area (Å²) in [5.74, 6) is -3.14. The van der Waals surface area contributed by atoms with Crippen molar-refractivity contribution in [3.63, 3.8) is 0 Å². The number of hydrogen-bond donors (Lipinski definition) is 0. The van der Waals surface area contributed by atoms with Crippen LogP contribution >= 0.6 is 0 Å². The Hall–Kier alpha value is -2.81. The van der Waals surface area contributed by atoms with E-state index >= 15 is 0 Å². The Morgan fingerprint density at radius 2 is 1.59 bits per heavy atom. The number of aryl methyl sites for hydroxylation is 2. The Labute approximate surface area is 155 Å². The average Bonchev–Trinajstić information content (AvgIpc) is 2.61. The van der Waals surface area contributed by atoms with Gasteiger partial charge in [0.1, 0.15) is 29.0 Å². The first kappa shape index (κ1) is 20.5. The number of rotatable bonds is 8. The van der Waals surface area contributed by atoms with E-state index in [0.717, 1.165) is 18.4 Å². The molecule has 0 aromatic heterocycles. The van der Waals surface area contributed by atoms with Crippen LogP contribution in [0.2, 0.25) is 0 Å². The second-order valence-corrected chi connectivity index (χ2v) is 6.04. The first-order valence-electron chi connectivity index (χ1n) is 8.49. The van der Waals surface area contributed by atoms with Gasteiger partial charge in [-0.25, -0.2) is 8.78 Å². The van der Waals surface area contributed by atoms with Crippen molar-refractivity contribution in [2.24, 2.45) is 0 Å². The lowest BCUT2D eigenvalue weighted by Gasteiger charge is -2.18. The molecule has 0 fully saturated rings. The Kier molecular flexibility index (Phi) is 7.00. The van der Waals surface area contributed by atoms with Gasteiger partial charge in [-0.1, -0.05) is 36.4 Å². The highest BCUT2D eigenvalue weighted by Gasteiger charge is 2.32. The molecular formula is C21H19F4NO. The molecule has 2 nitrogen and oxygen atoms in total. The van der Waals surface area contributed by atoms with Gasteiger partial charge in [0.05, 0.1) is 6.42 Å². The molecule has 0 atom stereocenters. The van der Waals surface area contributed by atoms with Crippen molar-refractivity contribution in [1.82, 2.24) is 0 Å². The van der Waals surface area contributed by atoms with Crippen LogP contribution in [0, 0.1) is 23.0 Å². The van der Waals surface area contributed by atoms with Crippen molar-refractivity contribution < 1.29 is 22.3 Å². The summed E-state index contributed by atoms with van der Waals surface area (Å²) in [6.45, 7) is 1.95. The van der Waals surface area contributed by atoms with Crippen LogP contribution in [0.1, 0.15) is 36.5 Å². The maximum Gasteiger partial charge on any atom is 0.398 e. The van der Waals surface area contributed by atoms with Crippen molar-refractivity contribution in [1.29, 1.82) is 5.26 Å². The minimum absolute atomic E-state index is 0.0450. The summed E-state index contributed by atoms with van der Waals surface area (Å²) in [5.41, 5.74) is 0.994. The van der Waals surface area contributed by atoms with Crippen molar-refractivity contribution in [2.45, 2.75) is 38.7 Å². The average molecular weight is 377 g/mol. The van der Waals surface area contributed by atoms with Crippen molar-refractivity contribution in [3.05, 3.63) is 76.9 Å². The summed E-state index contributed by atoms with van der Waals surface area (Å²) in [6.07, 6.45) is 1.62. The smallest absolute Gasteiger partial charge is 0.398 e. The van der Waals surface area contributed by atoms with Crippen LogP contribution in [0.4, 0.5) is 17.6 Å². The number of benzene rings is 2. The summed E-state index contributed by atoms with van der Waals surface area (Å²) in [4.78, 5) is 0. The number of allylic oxidation sites excluding steroid dienone is 2. The molecule has 27 heavy (non-hydrogen) atoms. The molecule has 0 aliphatic heterocycles. The Bertz CT molecular complexity index is 815. The maximum atomic E-state index is 14.0. The highest BCUT2D eigenvalue weighted by Crippen LogP contribution is 2.28. The number of hydrogen-bond acceptors (Lipinski definition) is 2. The third-order valence-electron chi connectivity index (χ3n) is 3.96. The lowest BCUT2D eigenvalue weighted by atomic mass is 10.0. The number of ether oxygens (including phenoxy) is 1. The maximum absolute atomic E-state index is 14.0. The highest BCUT2D eigenvalue weighted by atomic mass is 19.3. The zero-order chi connectivity index (χ0) is 19.9.